The van der Waals surface area contributed by atoms with Gasteiger partial charge < -0.3 is 26.4 Å². The Morgan fingerprint density at radius 2 is 1.60 bits per heavy atom. The zero-order valence-corrected chi connectivity index (χ0v) is 25.2. The fourth-order valence-corrected chi connectivity index (χ4v) is 5.72. The number of ether oxygens (including phenoxy) is 1. The summed E-state index contributed by atoms with van der Waals surface area (Å²) in [6.07, 6.45) is 3.01. The molecule has 1 unspecified atom stereocenters. The van der Waals surface area contributed by atoms with E-state index in [0.717, 1.165) is 11.8 Å². The van der Waals surface area contributed by atoms with Crippen molar-refractivity contribution in [2.75, 3.05) is 25.0 Å². The summed E-state index contributed by atoms with van der Waals surface area (Å²) < 4.78 is 48.7. The molecule has 0 radical (unpaired) electrons. The predicted molar refractivity (Wildman–Crippen MR) is 168 cm³/mol. The topological polar surface area (TPSA) is 101 Å². The summed E-state index contributed by atoms with van der Waals surface area (Å²) in [5, 5.41) is 10.2. The number of hydrogen-bond acceptors (Lipinski definition) is 6. The van der Waals surface area contributed by atoms with Crippen molar-refractivity contribution in [2.24, 2.45) is 5.73 Å². The van der Waals surface area contributed by atoms with Crippen LogP contribution in [-0.4, -0.2) is 48.8 Å². The number of halogens is 4. The van der Waals surface area contributed by atoms with Gasteiger partial charge in [-0.2, -0.15) is 0 Å². The molecular formula is C34H35ClF3N5O2. The number of rotatable bonds is 12. The van der Waals surface area contributed by atoms with Gasteiger partial charge in [0.2, 0.25) is 5.91 Å². The lowest BCUT2D eigenvalue weighted by Gasteiger charge is -2.31. The van der Waals surface area contributed by atoms with Gasteiger partial charge in [-0.25, -0.2) is 13.2 Å². The lowest BCUT2D eigenvalue weighted by atomic mass is 9.85. The molecule has 0 aliphatic carbocycles. The van der Waals surface area contributed by atoms with E-state index >= 15 is 4.39 Å². The van der Waals surface area contributed by atoms with E-state index < -0.39 is 35.3 Å². The molecule has 1 amide bonds. The SMILES string of the molecule is NC(C(=O)Nc1cncc(F)c1CC[C@@H]1CNC[C@H](CNCc2ccccc2Cl)O1)C(c1ccc(F)cc1)c1ccc(F)cc1. The minimum absolute atomic E-state index is 0.0828. The van der Waals surface area contributed by atoms with Crippen LogP contribution in [-0.2, 0) is 22.5 Å². The molecule has 3 aromatic carbocycles. The van der Waals surface area contributed by atoms with Crippen LogP contribution in [0.1, 0.15) is 34.6 Å². The maximum atomic E-state index is 15.1. The molecule has 2 heterocycles. The van der Waals surface area contributed by atoms with Gasteiger partial charge in [-0.15, -0.1) is 0 Å². The second-order valence-electron chi connectivity index (χ2n) is 11.0. The molecule has 1 aliphatic heterocycles. The Balaban J connectivity index is 1.22. The average Bonchev–Trinajstić information content (AvgIpc) is 3.04. The molecule has 0 bridgehead atoms. The van der Waals surface area contributed by atoms with Crippen molar-refractivity contribution in [2.45, 2.75) is 43.6 Å². The molecule has 0 spiro atoms. The highest BCUT2D eigenvalue weighted by Crippen LogP contribution is 2.29. The van der Waals surface area contributed by atoms with Gasteiger partial charge in [-0.1, -0.05) is 54.1 Å². The van der Waals surface area contributed by atoms with Gasteiger partial charge >= 0.3 is 0 Å². The number of nitrogens with zero attached hydrogens (tertiary/aromatic N) is 1. The van der Waals surface area contributed by atoms with Crippen molar-refractivity contribution >= 4 is 23.2 Å². The van der Waals surface area contributed by atoms with Crippen LogP contribution < -0.4 is 21.7 Å². The fraction of sp³-hybridized carbons (Fsp3) is 0.294. The number of hydrogen-bond donors (Lipinski definition) is 4. The van der Waals surface area contributed by atoms with E-state index in [0.29, 0.717) is 48.7 Å². The van der Waals surface area contributed by atoms with Crippen molar-refractivity contribution in [1.82, 2.24) is 15.6 Å². The number of carbonyl (C=O) groups excluding carboxylic acids is 1. The van der Waals surface area contributed by atoms with Crippen molar-refractivity contribution in [3.63, 3.8) is 0 Å². The normalized spacial score (nSPS) is 17.3. The lowest BCUT2D eigenvalue weighted by molar-refractivity contribution is -0.117. The van der Waals surface area contributed by atoms with Crippen LogP contribution in [0, 0.1) is 17.5 Å². The molecule has 5 rings (SSSR count). The quantitative estimate of drug-likeness (QED) is 0.168. The van der Waals surface area contributed by atoms with E-state index in [2.05, 4.69) is 20.9 Å². The summed E-state index contributed by atoms with van der Waals surface area (Å²) in [7, 11) is 0. The van der Waals surface area contributed by atoms with Gasteiger partial charge in [0.25, 0.3) is 0 Å². The van der Waals surface area contributed by atoms with Gasteiger partial charge in [0.1, 0.15) is 17.5 Å². The van der Waals surface area contributed by atoms with E-state index in [-0.39, 0.29) is 29.9 Å². The van der Waals surface area contributed by atoms with Gasteiger partial charge in [0.05, 0.1) is 36.3 Å². The summed E-state index contributed by atoms with van der Waals surface area (Å²) in [5.41, 5.74) is 9.11. The lowest BCUT2D eigenvalue weighted by Crippen LogP contribution is -2.48. The molecule has 7 nitrogen and oxygen atoms in total. The van der Waals surface area contributed by atoms with Crippen LogP contribution in [0.15, 0.2) is 85.2 Å². The van der Waals surface area contributed by atoms with E-state index in [4.69, 9.17) is 22.1 Å². The summed E-state index contributed by atoms with van der Waals surface area (Å²) in [6.45, 7) is 2.51. The number of carbonyl (C=O) groups is 1. The van der Waals surface area contributed by atoms with E-state index in [1.165, 1.54) is 54.7 Å². The molecule has 45 heavy (non-hydrogen) atoms. The van der Waals surface area contributed by atoms with Crippen LogP contribution in [0.2, 0.25) is 5.02 Å². The monoisotopic (exact) mass is 637 g/mol. The zero-order valence-electron chi connectivity index (χ0n) is 24.5. The molecule has 1 fully saturated rings. The molecule has 1 aliphatic rings. The van der Waals surface area contributed by atoms with Gasteiger partial charge in [0, 0.05) is 42.7 Å². The summed E-state index contributed by atoms with van der Waals surface area (Å²) in [6, 6.07) is 17.7. The first-order valence-corrected chi connectivity index (χ1v) is 15.2. The Labute approximate surface area is 265 Å². The minimum atomic E-state index is -1.16. The Hall–Kier alpha value is -3.80. The second-order valence-corrected chi connectivity index (χ2v) is 11.4. The minimum Gasteiger partial charge on any atom is -0.371 e. The first-order chi connectivity index (χ1) is 21.8. The number of benzene rings is 3. The number of nitrogens with two attached hydrogens (primary N) is 1. The maximum absolute atomic E-state index is 15.1. The number of nitrogens with one attached hydrogen (secondary N) is 3. The highest BCUT2D eigenvalue weighted by molar-refractivity contribution is 6.31. The van der Waals surface area contributed by atoms with Crippen LogP contribution in [0.25, 0.3) is 0 Å². The molecule has 3 atom stereocenters. The molecule has 0 saturated carbocycles. The van der Waals surface area contributed by atoms with Crippen molar-refractivity contribution in [3.8, 4) is 0 Å². The number of amides is 1. The Morgan fingerprint density at radius 3 is 2.27 bits per heavy atom. The van der Waals surface area contributed by atoms with Crippen molar-refractivity contribution in [3.05, 3.63) is 130 Å². The Morgan fingerprint density at radius 1 is 0.956 bits per heavy atom. The molecular weight excluding hydrogens is 603 g/mol. The average molecular weight is 638 g/mol. The van der Waals surface area contributed by atoms with Crippen LogP contribution in [0.5, 0.6) is 0 Å². The maximum Gasteiger partial charge on any atom is 0.242 e. The summed E-state index contributed by atoms with van der Waals surface area (Å²) in [4.78, 5) is 17.4. The van der Waals surface area contributed by atoms with E-state index in [1.807, 2.05) is 24.3 Å². The third-order valence-electron chi connectivity index (χ3n) is 7.87. The fourth-order valence-electron chi connectivity index (χ4n) is 5.52. The first-order valence-electron chi connectivity index (χ1n) is 14.8. The van der Waals surface area contributed by atoms with E-state index in [9.17, 15) is 13.6 Å². The number of morpholine rings is 1. The van der Waals surface area contributed by atoms with Crippen molar-refractivity contribution < 1.29 is 22.7 Å². The van der Waals surface area contributed by atoms with Crippen LogP contribution in [0.3, 0.4) is 0 Å². The number of aromatic nitrogens is 1. The molecule has 5 N–H and O–H groups in total. The largest absolute Gasteiger partial charge is 0.371 e. The highest BCUT2D eigenvalue weighted by Gasteiger charge is 2.29. The Kier molecular flexibility index (Phi) is 11.2. The molecule has 1 aromatic heterocycles. The van der Waals surface area contributed by atoms with Crippen LogP contribution >= 0.6 is 11.6 Å². The predicted octanol–water partition coefficient (Wildman–Crippen LogP) is 5.33. The Bertz CT molecular complexity index is 1530. The summed E-state index contributed by atoms with van der Waals surface area (Å²) >= 11 is 6.25. The second kappa shape index (κ2) is 15.5. The number of anilines is 1. The third-order valence-corrected chi connectivity index (χ3v) is 8.24. The zero-order chi connectivity index (χ0) is 31.8. The molecule has 4 aromatic rings. The molecule has 1 saturated heterocycles. The standard InChI is InChI=1S/C34H35ClF3N5O2/c35-29-4-2-1-3-23(29)15-40-17-27-18-41-16-26(45-27)13-14-28-30(38)19-42-20-31(28)43-34(44)33(39)32(21-5-9-24(36)10-6-21)22-7-11-25(37)12-8-22/h1-12,19-20,26-27,32-33,40-41H,13-18,39H2,(H,43,44)/t26-,27+,33?/m1/s1. The number of pyridine rings is 1. The molecule has 236 valence electrons. The third kappa shape index (κ3) is 8.68. The summed E-state index contributed by atoms with van der Waals surface area (Å²) in [5.74, 6) is -2.76. The van der Waals surface area contributed by atoms with Crippen LogP contribution in [0.4, 0.5) is 18.9 Å². The van der Waals surface area contributed by atoms with Gasteiger partial charge in [-0.3, -0.25) is 9.78 Å². The van der Waals surface area contributed by atoms with Gasteiger partial charge in [-0.05, 0) is 59.9 Å². The smallest absolute Gasteiger partial charge is 0.242 e. The highest BCUT2D eigenvalue weighted by atomic mass is 35.5. The first kappa shape index (κ1) is 32.6. The molecule has 11 heteroatoms. The van der Waals surface area contributed by atoms with Crippen molar-refractivity contribution in [1.29, 1.82) is 0 Å². The van der Waals surface area contributed by atoms with E-state index in [1.54, 1.807) is 0 Å². The van der Waals surface area contributed by atoms with Gasteiger partial charge in [0.15, 0.2) is 0 Å².